The van der Waals surface area contributed by atoms with E-state index in [9.17, 15) is 4.79 Å². The van der Waals surface area contributed by atoms with Gasteiger partial charge < -0.3 is 10.1 Å². The lowest BCUT2D eigenvalue weighted by molar-refractivity contribution is -0.119. The molecule has 0 spiro atoms. The lowest BCUT2D eigenvalue weighted by Gasteiger charge is -2.13. The number of carbonyl (C=O) groups is 1. The molecule has 0 aliphatic heterocycles. The predicted molar refractivity (Wildman–Crippen MR) is 87.1 cm³/mol. The summed E-state index contributed by atoms with van der Waals surface area (Å²) in [5.41, 5.74) is 3.57. The molecule has 0 saturated carbocycles. The summed E-state index contributed by atoms with van der Waals surface area (Å²) in [4.78, 5) is 11.7. The quantitative estimate of drug-likeness (QED) is 0.896. The van der Waals surface area contributed by atoms with E-state index in [1.54, 1.807) is 12.1 Å². The fourth-order valence-electron chi connectivity index (χ4n) is 1.99. The number of anilines is 1. The molecule has 2 aromatic rings. The highest BCUT2D eigenvalue weighted by molar-refractivity contribution is 6.42. The molecule has 0 atom stereocenters. The van der Waals surface area contributed by atoms with Gasteiger partial charge in [0, 0.05) is 18.4 Å². The molecule has 0 heterocycles. The van der Waals surface area contributed by atoms with Gasteiger partial charge in [-0.15, -0.1) is 0 Å². The maximum absolute atomic E-state index is 11.7. The Labute approximate surface area is 133 Å². The number of hydrogen-bond donors (Lipinski definition) is 1. The summed E-state index contributed by atoms with van der Waals surface area (Å²) in [6.07, 6.45) is 0. The molecule has 0 bridgehead atoms. The van der Waals surface area contributed by atoms with Crippen molar-refractivity contribution in [2.45, 2.75) is 6.92 Å². The average Bonchev–Trinajstić information content (AvgIpc) is 2.44. The van der Waals surface area contributed by atoms with Crippen LogP contribution in [0.25, 0.3) is 11.1 Å². The van der Waals surface area contributed by atoms with Crippen molar-refractivity contribution in [3.8, 4) is 11.1 Å². The van der Waals surface area contributed by atoms with E-state index in [1.165, 1.54) is 7.11 Å². The zero-order valence-electron chi connectivity index (χ0n) is 11.7. The highest BCUT2D eigenvalue weighted by atomic mass is 35.5. The summed E-state index contributed by atoms with van der Waals surface area (Å²) in [5.74, 6) is -0.206. The number of aryl methyl sites for hydroxylation is 1. The summed E-state index contributed by atoms with van der Waals surface area (Å²) >= 11 is 12.0. The third-order valence-electron chi connectivity index (χ3n) is 2.96. The zero-order chi connectivity index (χ0) is 15.4. The van der Waals surface area contributed by atoms with Gasteiger partial charge in [-0.3, -0.25) is 4.79 Å². The highest BCUT2D eigenvalue weighted by Crippen LogP contribution is 2.33. The number of benzene rings is 2. The van der Waals surface area contributed by atoms with E-state index < -0.39 is 0 Å². The van der Waals surface area contributed by atoms with Crippen LogP contribution in [0.2, 0.25) is 10.0 Å². The third-order valence-corrected chi connectivity index (χ3v) is 3.69. The van der Waals surface area contributed by atoms with Gasteiger partial charge in [0.1, 0.15) is 6.61 Å². The molecule has 2 rings (SSSR count). The van der Waals surface area contributed by atoms with Crippen LogP contribution in [0, 0.1) is 6.92 Å². The van der Waals surface area contributed by atoms with Gasteiger partial charge in [-0.1, -0.05) is 40.9 Å². The van der Waals surface area contributed by atoms with Crippen LogP contribution in [0.1, 0.15) is 5.56 Å². The Morgan fingerprint density at radius 2 is 1.90 bits per heavy atom. The molecule has 0 aliphatic rings. The van der Waals surface area contributed by atoms with E-state index in [-0.39, 0.29) is 12.5 Å². The number of carbonyl (C=O) groups excluding carboxylic acids is 1. The topological polar surface area (TPSA) is 38.3 Å². The number of methoxy groups -OCH3 is 1. The first-order chi connectivity index (χ1) is 10.0. The second-order valence-corrected chi connectivity index (χ2v) is 5.47. The van der Waals surface area contributed by atoms with Crippen LogP contribution < -0.4 is 5.32 Å². The normalized spacial score (nSPS) is 10.5. The maximum Gasteiger partial charge on any atom is 0.250 e. The van der Waals surface area contributed by atoms with Crippen LogP contribution in [0.4, 0.5) is 5.69 Å². The molecule has 0 aromatic heterocycles. The summed E-state index contributed by atoms with van der Waals surface area (Å²) in [5, 5.41) is 3.81. The molecule has 0 saturated heterocycles. The van der Waals surface area contributed by atoms with Crippen molar-refractivity contribution in [1.29, 1.82) is 0 Å². The summed E-state index contributed by atoms with van der Waals surface area (Å²) in [7, 11) is 1.48. The van der Waals surface area contributed by atoms with E-state index >= 15 is 0 Å². The molecular weight excluding hydrogens is 309 g/mol. The number of nitrogens with one attached hydrogen (secondary N) is 1. The average molecular weight is 324 g/mol. The van der Waals surface area contributed by atoms with Gasteiger partial charge in [-0.25, -0.2) is 0 Å². The van der Waals surface area contributed by atoms with Crippen molar-refractivity contribution >= 4 is 34.8 Å². The molecule has 1 amide bonds. The van der Waals surface area contributed by atoms with Crippen molar-refractivity contribution in [3.05, 3.63) is 52.0 Å². The van der Waals surface area contributed by atoms with Crippen molar-refractivity contribution in [2.24, 2.45) is 0 Å². The van der Waals surface area contributed by atoms with E-state index in [0.717, 1.165) is 16.7 Å². The number of hydrogen-bond acceptors (Lipinski definition) is 2. The van der Waals surface area contributed by atoms with Crippen molar-refractivity contribution < 1.29 is 9.53 Å². The largest absolute Gasteiger partial charge is 0.375 e. The smallest absolute Gasteiger partial charge is 0.250 e. The number of amides is 1. The van der Waals surface area contributed by atoms with Gasteiger partial charge in [0.2, 0.25) is 5.91 Å². The molecule has 3 nitrogen and oxygen atoms in total. The van der Waals surface area contributed by atoms with Crippen LogP contribution in [-0.2, 0) is 9.53 Å². The second-order valence-electron chi connectivity index (χ2n) is 4.66. The lowest BCUT2D eigenvalue weighted by Crippen LogP contribution is -2.17. The van der Waals surface area contributed by atoms with Gasteiger partial charge in [0.15, 0.2) is 0 Å². The van der Waals surface area contributed by atoms with Gasteiger partial charge in [-0.2, -0.15) is 0 Å². The van der Waals surface area contributed by atoms with Crippen LogP contribution in [0.3, 0.4) is 0 Å². The molecule has 1 N–H and O–H groups in total. The standard InChI is InChI=1S/C16H15Cl2NO2/c1-10-3-6-15(19-16(20)9-21-2)12(7-10)11-4-5-13(17)14(18)8-11/h3-8H,9H2,1-2H3,(H,19,20). The zero-order valence-corrected chi connectivity index (χ0v) is 13.3. The molecular formula is C16H15Cl2NO2. The molecule has 110 valence electrons. The fourth-order valence-corrected chi connectivity index (χ4v) is 2.29. The van der Waals surface area contributed by atoms with E-state index in [4.69, 9.17) is 27.9 Å². The molecule has 2 aromatic carbocycles. The molecule has 0 aliphatic carbocycles. The van der Waals surface area contributed by atoms with Gasteiger partial charge >= 0.3 is 0 Å². The minimum atomic E-state index is -0.206. The van der Waals surface area contributed by atoms with Crippen LogP contribution >= 0.6 is 23.2 Å². The van der Waals surface area contributed by atoms with Gasteiger partial charge in [-0.05, 0) is 36.8 Å². The molecule has 21 heavy (non-hydrogen) atoms. The number of rotatable bonds is 4. The predicted octanol–water partition coefficient (Wildman–Crippen LogP) is 4.55. The van der Waals surface area contributed by atoms with Crippen molar-refractivity contribution in [1.82, 2.24) is 0 Å². The van der Waals surface area contributed by atoms with E-state index in [0.29, 0.717) is 15.7 Å². The molecule has 5 heteroatoms. The Bertz CT molecular complexity index is 671. The van der Waals surface area contributed by atoms with Crippen molar-refractivity contribution in [2.75, 3.05) is 19.0 Å². The second kappa shape index (κ2) is 6.94. The molecule has 0 radical (unpaired) electrons. The minimum absolute atomic E-state index is 0.00862. The van der Waals surface area contributed by atoms with Crippen LogP contribution in [0.15, 0.2) is 36.4 Å². The molecule has 0 unspecified atom stereocenters. The van der Waals surface area contributed by atoms with Crippen molar-refractivity contribution in [3.63, 3.8) is 0 Å². The number of ether oxygens (including phenoxy) is 1. The van der Waals surface area contributed by atoms with Crippen LogP contribution in [0.5, 0.6) is 0 Å². The Balaban J connectivity index is 2.43. The number of halogens is 2. The Kier molecular flexibility index (Phi) is 5.23. The Morgan fingerprint density at radius 3 is 2.57 bits per heavy atom. The fraction of sp³-hybridized carbons (Fsp3) is 0.188. The highest BCUT2D eigenvalue weighted by Gasteiger charge is 2.10. The van der Waals surface area contributed by atoms with Crippen LogP contribution in [-0.4, -0.2) is 19.6 Å². The van der Waals surface area contributed by atoms with Gasteiger partial charge in [0.25, 0.3) is 0 Å². The molecule has 0 fully saturated rings. The summed E-state index contributed by atoms with van der Waals surface area (Å²) in [6, 6.07) is 11.2. The van der Waals surface area contributed by atoms with E-state index in [1.807, 2.05) is 31.2 Å². The van der Waals surface area contributed by atoms with Gasteiger partial charge in [0.05, 0.1) is 10.0 Å². The first-order valence-electron chi connectivity index (χ1n) is 6.36. The summed E-state index contributed by atoms with van der Waals surface area (Å²) in [6.45, 7) is 2.00. The van der Waals surface area contributed by atoms with E-state index in [2.05, 4.69) is 5.32 Å². The first-order valence-corrected chi connectivity index (χ1v) is 7.11. The monoisotopic (exact) mass is 323 g/mol. The maximum atomic E-state index is 11.7. The Morgan fingerprint density at radius 1 is 1.14 bits per heavy atom. The lowest BCUT2D eigenvalue weighted by atomic mass is 10.0. The Hall–Kier alpha value is -1.55. The minimum Gasteiger partial charge on any atom is -0.375 e. The summed E-state index contributed by atoms with van der Waals surface area (Å²) < 4.78 is 4.83. The third kappa shape index (κ3) is 3.97. The SMILES string of the molecule is COCC(=O)Nc1ccc(C)cc1-c1ccc(Cl)c(Cl)c1. The first kappa shape index (κ1) is 15.8.